The Hall–Kier alpha value is -0.340. The van der Waals surface area contributed by atoms with Crippen LogP contribution in [0.2, 0.25) is 0 Å². The van der Waals surface area contributed by atoms with Crippen LogP contribution in [0.1, 0.15) is 13.8 Å². The van der Waals surface area contributed by atoms with Gasteiger partial charge in [-0.25, -0.2) is 0 Å². The summed E-state index contributed by atoms with van der Waals surface area (Å²) in [6.45, 7) is 5.38. The molecule has 1 atom stereocenters. The fraction of sp³-hybridized carbons (Fsp3) is 0.750. The fourth-order valence-corrected chi connectivity index (χ4v) is 1.00. The Balaban J connectivity index is 2.52. The smallest absolute Gasteiger partial charge is 0.126 e. The Morgan fingerprint density at radius 1 is 1.60 bits per heavy atom. The number of hydrogen-bond donors (Lipinski definition) is 1. The zero-order valence-electron chi connectivity index (χ0n) is 6.85. The number of methoxy groups -OCH3 is 1. The van der Waals surface area contributed by atoms with Crippen molar-refractivity contribution in [3.63, 3.8) is 0 Å². The average molecular weight is 141 g/mol. The van der Waals surface area contributed by atoms with Gasteiger partial charge in [-0.3, -0.25) is 5.32 Å². The summed E-state index contributed by atoms with van der Waals surface area (Å²) in [6, 6.07) is 0. The lowest BCUT2D eigenvalue weighted by molar-refractivity contribution is 0.0967. The highest BCUT2D eigenvalue weighted by Crippen LogP contribution is 2.19. The van der Waals surface area contributed by atoms with Crippen LogP contribution in [-0.4, -0.2) is 19.9 Å². The molecule has 0 aliphatic carbocycles. The predicted molar refractivity (Wildman–Crippen MR) is 41.7 cm³/mol. The molecule has 1 rings (SSSR count). The van der Waals surface area contributed by atoms with Crippen molar-refractivity contribution in [3.05, 3.63) is 12.2 Å². The predicted octanol–water partition coefficient (Wildman–Crippen LogP) is 1.14. The quantitative estimate of drug-likeness (QED) is 0.553. The molecule has 0 radical (unpaired) electrons. The van der Waals surface area contributed by atoms with Crippen LogP contribution in [0.5, 0.6) is 0 Å². The lowest BCUT2D eigenvalue weighted by Crippen LogP contribution is -2.40. The van der Waals surface area contributed by atoms with Gasteiger partial charge >= 0.3 is 0 Å². The summed E-state index contributed by atoms with van der Waals surface area (Å²) in [5, 5.41) is 3.25. The van der Waals surface area contributed by atoms with Gasteiger partial charge in [0.15, 0.2) is 0 Å². The molecule has 1 aliphatic rings. The van der Waals surface area contributed by atoms with Crippen LogP contribution in [-0.2, 0) is 4.74 Å². The summed E-state index contributed by atoms with van der Waals surface area (Å²) in [5.41, 5.74) is 0.287. The zero-order chi connectivity index (χ0) is 7.61. The standard InChI is InChI=1S/C8H15NO/c1-8(2)5-4-7(10-3)9-6-8/h4-5,7,9H,6H2,1-3H3. The Labute approximate surface area is 62.3 Å². The minimum Gasteiger partial charge on any atom is -0.363 e. The minimum atomic E-state index is 0.119. The van der Waals surface area contributed by atoms with Crippen molar-refractivity contribution in [3.8, 4) is 0 Å². The maximum absolute atomic E-state index is 5.09. The van der Waals surface area contributed by atoms with Crippen LogP contribution in [0.15, 0.2) is 12.2 Å². The molecule has 0 bridgehead atoms. The summed E-state index contributed by atoms with van der Waals surface area (Å²) in [5.74, 6) is 0. The topological polar surface area (TPSA) is 21.3 Å². The molecule has 0 aromatic heterocycles. The van der Waals surface area contributed by atoms with E-state index in [9.17, 15) is 0 Å². The Bertz CT molecular complexity index is 140. The molecule has 0 amide bonds. The van der Waals surface area contributed by atoms with Gasteiger partial charge in [-0.15, -0.1) is 0 Å². The monoisotopic (exact) mass is 141 g/mol. The van der Waals surface area contributed by atoms with Crippen molar-refractivity contribution < 1.29 is 4.74 Å². The third kappa shape index (κ3) is 1.82. The van der Waals surface area contributed by atoms with Gasteiger partial charge in [-0.2, -0.15) is 0 Å². The summed E-state index contributed by atoms with van der Waals surface area (Å²) in [7, 11) is 1.71. The number of nitrogens with one attached hydrogen (secondary N) is 1. The first-order chi connectivity index (χ1) is 4.64. The minimum absolute atomic E-state index is 0.119. The molecule has 0 aromatic carbocycles. The lowest BCUT2D eigenvalue weighted by atomic mass is 9.91. The van der Waals surface area contributed by atoms with Crippen molar-refractivity contribution >= 4 is 0 Å². The van der Waals surface area contributed by atoms with E-state index in [1.807, 2.05) is 0 Å². The van der Waals surface area contributed by atoms with Crippen LogP contribution < -0.4 is 5.32 Å². The van der Waals surface area contributed by atoms with Gasteiger partial charge in [0.2, 0.25) is 0 Å². The summed E-state index contributed by atoms with van der Waals surface area (Å²) in [4.78, 5) is 0. The Kier molecular flexibility index (Phi) is 2.11. The highest BCUT2D eigenvalue weighted by molar-refractivity contribution is 5.03. The van der Waals surface area contributed by atoms with E-state index in [0.29, 0.717) is 0 Å². The molecule has 2 heteroatoms. The molecule has 10 heavy (non-hydrogen) atoms. The normalized spacial score (nSPS) is 30.5. The molecule has 0 aromatic rings. The van der Waals surface area contributed by atoms with E-state index in [0.717, 1.165) is 6.54 Å². The maximum atomic E-state index is 5.09. The van der Waals surface area contributed by atoms with Gasteiger partial charge in [-0.05, 0) is 11.5 Å². The first-order valence-corrected chi connectivity index (χ1v) is 3.60. The highest BCUT2D eigenvalue weighted by Gasteiger charge is 2.19. The third-order valence-electron chi connectivity index (χ3n) is 1.73. The maximum Gasteiger partial charge on any atom is 0.126 e. The van der Waals surface area contributed by atoms with Gasteiger partial charge < -0.3 is 4.74 Å². The van der Waals surface area contributed by atoms with Crippen molar-refractivity contribution in [1.29, 1.82) is 0 Å². The van der Waals surface area contributed by atoms with E-state index in [2.05, 4.69) is 31.3 Å². The van der Waals surface area contributed by atoms with Crippen LogP contribution >= 0.6 is 0 Å². The fourth-order valence-electron chi connectivity index (χ4n) is 1.00. The van der Waals surface area contributed by atoms with E-state index in [-0.39, 0.29) is 11.6 Å². The first-order valence-electron chi connectivity index (χ1n) is 3.60. The van der Waals surface area contributed by atoms with Crippen LogP contribution in [0.3, 0.4) is 0 Å². The van der Waals surface area contributed by atoms with Gasteiger partial charge in [0.1, 0.15) is 6.23 Å². The molecule has 1 heterocycles. The second-order valence-corrected chi connectivity index (χ2v) is 3.38. The van der Waals surface area contributed by atoms with Gasteiger partial charge in [0.25, 0.3) is 0 Å². The Morgan fingerprint density at radius 3 is 2.70 bits per heavy atom. The summed E-state index contributed by atoms with van der Waals surface area (Å²) in [6.07, 6.45) is 4.37. The SMILES string of the molecule is COC1C=CC(C)(C)CN1. The second-order valence-electron chi connectivity index (χ2n) is 3.38. The highest BCUT2D eigenvalue weighted by atomic mass is 16.5. The molecular weight excluding hydrogens is 126 g/mol. The Morgan fingerprint density at radius 2 is 2.30 bits per heavy atom. The van der Waals surface area contributed by atoms with Crippen molar-refractivity contribution in [1.82, 2.24) is 5.32 Å². The second kappa shape index (κ2) is 2.72. The molecule has 1 aliphatic heterocycles. The summed E-state index contributed by atoms with van der Waals surface area (Å²) >= 11 is 0. The molecule has 1 N–H and O–H groups in total. The van der Waals surface area contributed by atoms with E-state index in [4.69, 9.17) is 4.74 Å². The van der Waals surface area contributed by atoms with E-state index in [1.54, 1.807) is 7.11 Å². The van der Waals surface area contributed by atoms with Gasteiger partial charge in [0, 0.05) is 13.7 Å². The van der Waals surface area contributed by atoms with Crippen molar-refractivity contribution in [2.24, 2.45) is 5.41 Å². The molecule has 0 fully saturated rings. The van der Waals surface area contributed by atoms with Crippen molar-refractivity contribution in [2.75, 3.05) is 13.7 Å². The molecule has 2 nitrogen and oxygen atoms in total. The van der Waals surface area contributed by atoms with E-state index < -0.39 is 0 Å². The molecule has 0 saturated carbocycles. The van der Waals surface area contributed by atoms with Crippen LogP contribution in [0.4, 0.5) is 0 Å². The lowest BCUT2D eigenvalue weighted by Gasteiger charge is -2.28. The third-order valence-corrected chi connectivity index (χ3v) is 1.73. The number of rotatable bonds is 1. The number of ether oxygens (including phenoxy) is 1. The zero-order valence-corrected chi connectivity index (χ0v) is 6.85. The van der Waals surface area contributed by atoms with Gasteiger partial charge in [0.05, 0.1) is 0 Å². The van der Waals surface area contributed by atoms with Crippen LogP contribution in [0, 0.1) is 5.41 Å². The molecular formula is C8H15NO. The van der Waals surface area contributed by atoms with Crippen molar-refractivity contribution in [2.45, 2.75) is 20.1 Å². The van der Waals surface area contributed by atoms with E-state index in [1.165, 1.54) is 0 Å². The molecule has 1 unspecified atom stereocenters. The van der Waals surface area contributed by atoms with E-state index >= 15 is 0 Å². The average Bonchev–Trinajstić information content (AvgIpc) is 1.88. The number of hydrogen-bond acceptors (Lipinski definition) is 2. The largest absolute Gasteiger partial charge is 0.363 e. The summed E-state index contributed by atoms with van der Waals surface area (Å²) < 4.78 is 5.09. The van der Waals surface area contributed by atoms with Gasteiger partial charge in [-0.1, -0.05) is 19.9 Å². The van der Waals surface area contributed by atoms with Crippen LogP contribution in [0.25, 0.3) is 0 Å². The molecule has 0 saturated heterocycles. The first kappa shape index (κ1) is 7.76. The molecule has 58 valence electrons. The molecule has 0 spiro atoms.